The standard InChI is InChI=1S/C25H28ClN5O2S/c26-18-2-4-19(5-3-18)30-11-16-13-31(14-17(16)12-30)24-20(10-27)22(29-25(15-32)7-1-8-25)23-21(28-24)6-9-34(23)33/h2-5,16-17,32H,1,6-9,11-15H2,(H,28,29)/t16?,17?,34-/m0/s1. The fourth-order valence-electron chi connectivity index (χ4n) is 5.98. The fourth-order valence-corrected chi connectivity index (χ4v) is 7.48. The predicted octanol–water partition coefficient (Wildman–Crippen LogP) is 3.17. The van der Waals surface area contributed by atoms with Crippen LogP contribution in [0.1, 0.15) is 30.5 Å². The van der Waals surface area contributed by atoms with Gasteiger partial charge in [-0.1, -0.05) is 11.6 Å². The van der Waals surface area contributed by atoms with Crippen LogP contribution in [0.15, 0.2) is 29.2 Å². The van der Waals surface area contributed by atoms with Crippen molar-refractivity contribution in [3.8, 4) is 6.07 Å². The van der Waals surface area contributed by atoms with Gasteiger partial charge in [-0.25, -0.2) is 4.98 Å². The minimum atomic E-state index is -1.17. The molecule has 178 valence electrons. The van der Waals surface area contributed by atoms with E-state index in [1.54, 1.807) is 0 Å². The molecule has 2 N–H and O–H groups in total. The Labute approximate surface area is 207 Å². The highest BCUT2D eigenvalue weighted by Gasteiger charge is 2.43. The van der Waals surface area contributed by atoms with E-state index >= 15 is 0 Å². The van der Waals surface area contributed by atoms with Crippen LogP contribution in [0.5, 0.6) is 0 Å². The van der Waals surface area contributed by atoms with Crippen LogP contribution in [-0.4, -0.2) is 58.4 Å². The first-order valence-electron chi connectivity index (χ1n) is 12.0. The number of halogens is 1. The lowest BCUT2D eigenvalue weighted by Crippen LogP contribution is -2.48. The van der Waals surface area contributed by atoms with Crippen LogP contribution in [0, 0.1) is 23.2 Å². The predicted molar refractivity (Wildman–Crippen MR) is 134 cm³/mol. The molecule has 0 radical (unpaired) electrons. The second-order valence-electron chi connectivity index (χ2n) is 10.1. The van der Waals surface area contributed by atoms with Crippen molar-refractivity contribution in [2.75, 3.05) is 53.7 Å². The van der Waals surface area contributed by atoms with E-state index in [0.29, 0.717) is 46.0 Å². The van der Waals surface area contributed by atoms with Crippen LogP contribution in [0.25, 0.3) is 0 Å². The van der Waals surface area contributed by atoms with Gasteiger partial charge in [0.2, 0.25) is 0 Å². The van der Waals surface area contributed by atoms with Crippen LogP contribution in [-0.2, 0) is 17.2 Å². The van der Waals surface area contributed by atoms with Crippen LogP contribution < -0.4 is 15.1 Å². The summed E-state index contributed by atoms with van der Waals surface area (Å²) in [7, 11) is -1.17. The summed E-state index contributed by atoms with van der Waals surface area (Å²) >= 11 is 6.06. The highest BCUT2D eigenvalue weighted by atomic mass is 35.5. The number of fused-ring (bicyclic) bond motifs is 2. The number of benzene rings is 1. The third-order valence-electron chi connectivity index (χ3n) is 8.05. The molecule has 3 fully saturated rings. The molecule has 2 unspecified atom stereocenters. The highest BCUT2D eigenvalue weighted by Crippen LogP contribution is 2.44. The first-order chi connectivity index (χ1) is 16.5. The molecule has 7 nitrogen and oxygen atoms in total. The molecule has 3 atom stereocenters. The molecule has 1 aromatic carbocycles. The minimum Gasteiger partial charge on any atom is -0.394 e. The summed E-state index contributed by atoms with van der Waals surface area (Å²) in [6.07, 6.45) is 3.40. The molecule has 0 bridgehead atoms. The van der Waals surface area contributed by atoms with E-state index < -0.39 is 16.3 Å². The van der Waals surface area contributed by atoms with Crippen LogP contribution in [0.2, 0.25) is 5.02 Å². The Morgan fingerprint density at radius 2 is 1.85 bits per heavy atom. The molecule has 3 aliphatic heterocycles. The third-order valence-corrected chi connectivity index (χ3v) is 9.77. The number of nitriles is 1. The van der Waals surface area contributed by atoms with Gasteiger partial charge in [0.15, 0.2) is 0 Å². The average Bonchev–Trinajstić information content (AvgIpc) is 3.49. The van der Waals surface area contributed by atoms with Gasteiger partial charge in [0.05, 0.1) is 39.2 Å². The van der Waals surface area contributed by atoms with E-state index in [2.05, 4.69) is 33.3 Å². The van der Waals surface area contributed by atoms with Crippen molar-refractivity contribution in [1.82, 2.24) is 4.98 Å². The van der Waals surface area contributed by atoms with Gasteiger partial charge in [0.25, 0.3) is 0 Å². The van der Waals surface area contributed by atoms with E-state index in [0.717, 1.165) is 56.2 Å². The second kappa shape index (κ2) is 8.40. The molecular weight excluding hydrogens is 470 g/mol. The molecule has 1 aliphatic carbocycles. The molecule has 1 aromatic heterocycles. The lowest BCUT2D eigenvalue weighted by molar-refractivity contribution is 0.144. The summed E-state index contributed by atoms with van der Waals surface area (Å²) in [5, 5.41) is 24.5. The van der Waals surface area contributed by atoms with Gasteiger partial charge in [-0.3, -0.25) is 4.21 Å². The molecule has 34 heavy (non-hydrogen) atoms. The van der Waals surface area contributed by atoms with E-state index in [9.17, 15) is 14.6 Å². The van der Waals surface area contributed by atoms with Crippen molar-refractivity contribution >= 4 is 39.6 Å². The number of aliphatic hydroxyl groups excluding tert-OH is 1. The molecule has 2 saturated heterocycles. The number of aryl methyl sites for hydroxylation is 1. The van der Waals surface area contributed by atoms with Gasteiger partial charge >= 0.3 is 0 Å². The van der Waals surface area contributed by atoms with Crippen molar-refractivity contribution in [3.05, 3.63) is 40.5 Å². The summed E-state index contributed by atoms with van der Waals surface area (Å²) in [5.74, 6) is 2.25. The first kappa shape index (κ1) is 22.1. The monoisotopic (exact) mass is 497 g/mol. The zero-order valence-corrected chi connectivity index (χ0v) is 20.5. The summed E-state index contributed by atoms with van der Waals surface area (Å²) < 4.78 is 12.9. The van der Waals surface area contributed by atoms with Crippen molar-refractivity contribution in [2.45, 2.75) is 36.1 Å². The quantitative estimate of drug-likeness (QED) is 0.655. The van der Waals surface area contributed by atoms with Gasteiger partial charge in [0, 0.05) is 60.9 Å². The Balaban J connectivity index is 1.29. The van der Waals surface area contributed by atoms with Crippen molar-refractivity contribution in [2.24, 2.45) is 11.8 Å². The number of aromatic nitrogens is 1. The molecular formula is C25H28ClN5O2S. The van der Waals surface area contributed by atoms with Crippen LogP contribution in [0.4, 0.5) is 17.2 Å². The zero-order valence-electron chi connectivity index (χ0n) is 19.0. The lowest BCUT2D eigenvalue weighted by Gasteiger charge is -2.42. The number of hydrogen-bond acceptors (Lipinski definition) is 7. The zero-order chi connectivity index (χ0) is 23.4. The number of rotatable bonds is 5. The van der Waals surface area contributed by atoms with E-state index in [1.807, 2.05) is 12.1 Å². The number of pyridine rings is 1. The third kappa shape index (κ3) is 3.57. The Morgan fingerprint density at radius 3 is 2.44 bits per heavy atom. The van der Waals surface area contributed by atoms with Crippen molar-refractivity contribution in [3.63, 3.8) is 0 Å². The molecule has 4 aliphatic rings. The summed E-state index contributed by atoms with van der Waals surface area (Å²) in [6, 6.07) is 10.4. The lowest BCUT2D eigenvalue weighted by atomic mass is 9.77. The number of nitrogens with zero attached hydrogens (tertiary/aromatic N) is 4. The highest BCUT2D eigenvalue weighted by molar-refractivity contribution is 7.85. The Kier molecular flexibility index (Phi) is 5.47. The van der Waals surface area contributed by atoms with Gasteiger partial charge in [-0.05, 0) is 43.5 Å². The normalized spacial score (nSPS) is 26.7. The molecule has 0 amide bonds. The Morgan fingerprint density at radius 1 is 1.18 bits per heavy atom. The van der Waals surface area contributed by atoms with Crippen molar-refractivity contribution < 1.29 is 9.32 Å². The van der Waals surface area contributed by atoms with E-state index in [1.165, 1.54) is 5.69 Å². The summed E-state index contributed by atoms with van der Waals surface area (Å²) in [5.41, 5.74) is 2.73. The Bertz CT molecular complexity index is 1170. The topological polar surface area (TPSA) is 92.5 Å². The second-order valence-corrected chi connectivity index (χ2v) is 12.0. The number of hydrogen-bond donors (Lipinski definition) is 2. The largest absolute Gasteiger partial charge is 0.394 e. The van der Waals surface area contributed by atoms with Crippen molar-refractivity contribution in [1.29, 1.82) is 5.26 Å². The number of nitrogens with one attached hydrogen (secondary N) is 1. The maximum absolute atomic E-state index is 12.9. The van der Waals surface area contributed by atoms with Gasteiger partial charge in [0.1, 0.15) is 17.5 Å². The van der Waals surface area contributed by atoms with Gasteiger partial charge in [-0.2, -0.15) is 5.26 Å². The molecule has 9 heteroatoms. The molecule has 1 saturated carbocycles. The minimum absolute atomic E-state index is 0.00529. The molecule has 4 heterocycles. The smallest absolute Gasteiger partial charge is 0.149 e. The average molecular weight is 498 g/mol. The maximum Gasteiger partial charge on any atom is 0.149 e. The van der Waals surface area contributed by atoms with Gasteiger partial charge < -0.3 is 20.2 Å². The first-order valence-corrected chi connectivity index (χ1v) is 13.7. The Hall–Kier alpha value is -2.34. The van der Waals surface area contributed by atoms with Crippen LogP contribution >= 0.6 is 11.6 Å². The SMILES string of the molecule is N#Cc1c(N2CC3CN(c4ccc(Cl)cc4)CC3C2)nc2c(c1NC1(CO)CCC1)[S@@](=O)CC2. The number of anilines is 3. The number of aliphatic hydroxyl groups is 1. The summed E-state index contributed by atoms with van der Waals surface area (Å²) in [6.45, 7) is 3.65. The van der Waals surface area contributed by atoms with Crippen LogP contribution in [0.3, 0.4) is 0 Å². The molecule has 0 spiro atoms. The summed E-state index contributed by atoms with van der Waals surface area (Å²) in [4.78, 5) is 10.3. The fraction of sp³-hybridized carbons (Fsp3) is 0.520. The maximum atomic E-state index is 12.9. The molecule has 2 aromatic rings. The molecule has 6 rings (SSSR count). The van der Waals surface area contributed by atoms with Gasteiger partial charge in [-0.15, -0.1) is 0 Å². The van der Waals surface area contributed by atoms with E-state index in [-0.39, 0.29) is 6.61 Å². The van der Waals surface area contributed by atoms with E-state index in [4.69, 9.17) is 16.6 Å².